The highest BCUT2D eigenvalue weighted by Crippen LogP contribution is 2.09. The highest BCUT2D eigenvalue weighted by Gasteiger charge is 1.99. The average Bonchev–Trinajstić information content (AvgIpc) is 2.74. The van der Waals surface area contributed by atoms with Gasteiger partial charge in [-0.15, -0.1) is 0 Å². The van der Waals surface area contributed by atoms with Crippen LogP contribution in [0, 0.1) is 0 Å². The number of nitrogens with two attached hydrogens (primary N) is 1. The van der Waals surface area contributed by atoms with Gasteiger partial charge in [0, 0.05) is 18.3 Å². The first-order valence-corrected chi connectivity index (χ1v) is 4.80. The minimum atomic E-state index is 0.661. The zero-order valence-corrected chi connectivity index (χ0v) is 8.31. The number of benzene rings is 1. The molecule has 78 valence electrons. The van der Waals surface area contributed by atoms with Crippen LogP contribution in [-0.2, 0) is 13.1 Å². The van der Waals surface area contributed by atoms with Crippen LogP contribution < -0.4 is 11.1 Å². The zero-order chi connectivity index (χ0) is 10.5. The number of anilines is 1. The molecule has 0 amide bonds. The Morgan fingerprint density at radius 2 is 2.07 bits per heavy atom. The first-order chi connectivity index (χ1) is 7.36. The van der Waals surface area contributed by atoms with Gasteiger partial charge in [0.05, 0.1) is 12.7 Å². The predicted molar refractivity (Wildman–Crippen MR) is 57.9 cm³/mol. The van der Waals surface area contributed by atoms with E-state index in [-0.39, 0.29) is 0 Å². The average molecular weight is 203 g/mol. The van der Waals surface area contributed by atoms with Gasteiger partial charge in [0.15, 0.2) is 0 Å². The normalized spacial score (nSPS) is 10.4. The molecule has 0 radical (unpaired) electrons. The van der Waals surface area contributed by atoms with Gasteiger partial charge in [0.25, 0.3) is 0 Å². The lowest BCUT2D eigenvalue weighted by Crippen LogP contribution is -2.13. The molecule has 1 heterocycles. The summed E-state index contributed by atoms with van der Waals surface area (Å²) in [5.74, 6) is 0.824. The molecule has 0 aliphatic carbocycles. The van der Waals surface area contributed by atoms with Crippen LogP contribution >= 0.6 is 0 Å². The first-order valence-electron chi connectivity index (χ1n) is 4.80. The SMILES string of the molecule is Nc1ccccc1CNCc1ccno1. The third kappa shape index (κ3) is 2.57. The second kappa shape index (κ2) is 4.61. The molecule has 0 aliphatic rings. The van der Waals surface area contributed by atoms with E-state index in [1.807, 2.05) is 30.3 Å². The fraction of sp³-hybridized carbons (Fsp3) is 0.182. The van der Waals surface area contributed by atoms with Gasteiger partial charge in [-0.05, 0) is 11.6 Å². The summed E-state index contributed by atoms with van der Waals surface area (Å²) in [5.41, 5.74) is 7.71. The van der Waals surface area contributed by atoms with Crippen molar-refractivity contribution in [1.82, 2.24) is 10.5 Å². The van der Waals surface area contributed by atoms with E-state index in [1.54, 1.807) is 6.20 Å². The minimum absolute atomic E-state index is 0.661. The number of aromatic nitrogens is 1. The molecular weight excluding hydrogens is 190 g/mol. The molecule has 0 bridgehead atoms. The van der Waals surface area contributed by atoms with Crippen molar-refractivity contribution >= 4 is 5.69 Å². The Morgan fingerprint density at radius 3 is 2.80 bits per heavy atom. The van der Waals surface area contributed by atoms with Crippen molar-refractivity contribution in [3.63, 3.8) is 0 Å². The fourth-order valence-corrected chi connectivity index (χ4v) is 1.35. The molecule has 0 unspecified atom stereocenters. The summed E-state index contributed by atoms with van der Waals surface area (Å²) in [5, 5.41) is 6.86. The Labute approximate surface area is 88.1 Å². The van der Waals surface area contributed by atoms with E-state index in [1.165, 1.54) is 0 Å². The molecule has 0 atom stereocenters. The number of nitrogen functional groups attached to an aromatic ring is 1. The second-order valence-electron chi connectivity index (χ2n) is 3.28. The highest BCUT2D eigenvalue weighted by molar-refractivity contribution is 5.46. The maximum Gasteiger partial charge on any atom is 0.150 e. The second-order valence-corrected chi connectivity index (χ2v) is 3.28. The van der Waals surface area contributed by atoms with Crippen LogP contribution in [0.3, 0.4) is 0 Å². The first kappa shape index (κ1) is 9.73. The van der Waals surface area contributed by atoms with E-state index in [0.717, 1.165) is 23.6 Å². The number of hydrogen-bond acceptors (Lipinski definition) is 4. The summed E-state index contributed by atoms with van der Waals surface area (Å²) in [7, 11) is 0. The lowest BCUT2D eigenvalue weighted by molar-refractivity contribution is 0.373. The van der Waals surface area contributed by atoms with Crippen molar-refractivity contribution in [1.29, 1.82) is 0 Å². The Morgan fingerprint density at radius 1 is 1.20 bits per heavy atom. The van der Waals surface area contributed by atoms with Crippen molar-refractivity contribution in [2.24, 2.45) is 0 Å². The van der Waals surface area contributed by atoms with Crippen LogP contribution in [0.2, 0.25) is 0 Å². The third-order valence-corrected chi connectivity index (χ3v) is 2.16. The van der Waals surface area contributed by atoms with Gasteiger partial charge in [-0.25, -0.2) is 0 Å². The van der Waals surface area contributed by atoms with Gasteiger partial charge < -0.3 is 15.6 Å². The Kier molecular flexibility index (Phi) is 2.99. The quantitative estimate of drug-likeness (QED) is 0.740. The Balaban J connectivity index is 1.86. The highest BCUT2D eigenvalue weighted by atomic mass is 16.5. The molecule has 2 rings (SSSR count). The minimum Gasteiger partial charge on any atom is -0.398 e. The number of hydrogen-bond donors (Lipinski definition) is 2. The summed E-state index contributed by atoms with van der Waals surface area (Å²) in [6, 6.07) is 9.63. The molecule has 4 nitrogen and oxygen atoms in total. The zero-order valence-electron chi connectivity index (χ0n) is 8.31. The van der Waals surface area contributed by atoms with E-state index >= 15 is 0 Å². The standard InChI is InChI=1S/C11H13N3O/c12-11-4-2-1-3-9(11)7-13-8-10-5-6-14-15-10/h1-6,13H,7-8,12H2. The van der Waals surface area contributed by atoms with Crippen LogP contribution in [-0.4, -0.2) is 5.16 Å². The molecule has 3 N–H and O–H groups in total. The van der Waals surface area contributed by atoms with Gasteiger partial charge in [0.2, 0.25) is 0 Å². The van der Waals surface area contributed by atoms with Gasteiger partial charge >= 0.3 is 0 Å². The molecule has 0 saturated carbocycles. The summed E-state index contributed by atoms with van der Waals surface area (Å²) >= 11 is 0. The molecule has 0 fully saturated rings. The molecule has 0 aliphatic heterocycles. The van der Waals surface area contributed by atoms with Crippen molar-refractivity contribution in [3.8, 4) is 0 Å². The number of para-hydroxylation sites is 1. The van der Waals surface area contributed by atoms with Gasteiger partial charge in [0.1, 0.15) is 5.76 Å². The molecule has 0 spiro atoms. The topological polar surface area (TPSA) is 64.1 Å². The fourth-order valence-electron chi connectivity index (χ4n) is 1.35. The number of rotatable bonds is 4. The lowest BCUT2D eigenvalue weighted by atomic mass is 10.2. The van der Waals surface area contributed by atoms with Crippen LogP contribution in [0.4, 0.5) is 5.69 Å². The van der Waals surface area contributed by atoms with E-state index in [9.17, 15) is 0 Å². The summed E-state index contributed by atoms with van der Waals surface area (Å²) in [6.45, 7) is 1.39. The number of nitrogens with one attached hydrogen (secondary N) is 1. The van der Waals surface area contributed by atoms with Gasteiger partial charge in [-0.3, -0.25) is 0 Å². The molecule has 15 heavy (non-hydrogen) atoms. The molecular formula is C11H13N3O. The van der Waals surface area contributed by atoms with Crippen LogP contribution in [0.25, 0.3) is 0 Å². The molecule has 0 saturated heterocycles. The van der Waals surface area contributed by atoms with Crippen molar-refractivity contribution in [3.05, 3.63) is 47.9 Å². The van der Waals surface area contributed by atoms with E-state index in [0.29, 0.717) is 6.54 Å². The molecule has 1 aromatic carbocycles. The van der Waals surface area contributed by atoms with E-state index in [2.05, 4.69) is 10.5 Å². The predicted octanol–water partition coefficient (Wildman–Crippen LogP) is 1.55. The van der Waals surface area contributed by atoms with Crippen molar-refractivity contribution in [2.45, 2.75) is 13.1 Å². The largest absolute Gasteiger partial charge is 0.398 e. The smallest absolute Gasteiger partial charge is 0.150 e. The van der Waals surface area contributed by atoms with E-state index < -0.39 is 0 Å². The van der Waals surface area contributed by atoms with Crippen LogP contribution in [0.15, 0.2) is 41.1 Å². The molecule has 2 aromatic rings. The lowest BCUT2D eigenvalue weighted by Gasteiger charge is -2.05. The van der Waals surface area contributed by atoms with Crippen molar-refractivity contribution in [2.75, 3.05) is 5.73 Å². The molecule has 4 heteroatoms. The van der Waals surface area contributed by atoms with Gasteiger partial charge in [-0.1, -0.05) is 23.4 Å². The van der Waals surface area contributed by atoms with E-state index in [4.69, 9.17) is 10.3 Å². The summed E-state index contributed by atoms with van der Waals surface area (Å²) in [4.78, 5) is 0. The Bertz CT molecular complexity index is 412. The Hall–Kier alpha value is -1.81. The monoisotopic (exact) mass is 203 g/mol. The van der Waals surface area contributed by atoms with Crippen LogP contribution in [0.1, 0.15) is 11.3 Å². The van der Waals surface area contributed by atoms with Gasteiger partial charge in [-0.2, -0.15) is 0 Å². The summed E-state index contributed by atoms with van der Waals surface area (Å²) in [6.07, 6.45) is 1.63. The maximum atomic E-state index is 5.80. The van der Waals surface area contributed by atoms with Crippen LogP contribution in [0.5, 0.6) is 0 Å². The molecule has 1 aromatic heterocycles. The third-order valence-electron chi connectivity index (χ3n) is 2.16. The summed E-state index contributed by atoms with van der Waals surface area (Å²) < 4.78 is 4.96. The maximum absolute atomic E-state index is 5.80. The van der Waals surface area contributed by atoms with Crippen molar-refractivity contribution < 1.29 is 4.52 Å². The number of nitrogens with zero attached hydrogens (tertiary/aromatic N) is 1.